The van der Waals surface area contributed by atoms with Gasteiger partial charge in [0.05, 0.1) is 30.2 Å². The van der Waals surface area contributed by atoms with Crippen molar-refractivity contribution in [3.05, 3.63) is 82.0 Å². The molecule has 7 nitrogen and oxygen atoms in total. The van der Waals surface area contributed by atoms with Crippen LogP contribution in [0.4, 0.5) is 5.13 Å². The van der Waals surface area contributed by atoms with E-state index in [1.54, 1.807) is 25.9 Å². The molecule has 0 aliphatic rings. The zero-order valence-corrected chi connectivity index (χ0v) is 18.3. The Morgan fingerprint density at radius 2 is 1.94 bits per heavy atom. The third kappa shape index (κ3) is 4.34. The predicted octanol–water partition coefficient (Wildman–Crippen LogP) is 3.71. The molecule has 2 heterocycles. The van der Waals surface area contributed by atoms with Crippen LogP contribution in [0, 0.1) is 13.8 Å². The van der Waals surface area contributed by atoms with Crippen LogP contribution in [0.5, 0.6) is 5.75 Å². The molecule has 0 spiro atoms. The van der Waals surface area contributed by atoms with Crippen molar-refractivity contribution >= 4 is 32.6 Å². The van der Waals surface area contributed by atoms with Crippen LogP contribution in [0.25, 0.3) is 10.2 Å². The Kier molecular flexibility index (Phi) is 5.81. The van der Waals surface area contributed by atoms with Gasteiger partial charge in [-0.25, -0.2) is 9.97 Å². The fourth-order valence-corrected chi connectivity index (χ4v) is 4.19. The van der Waals surface area contributed by atoms with Crippen LogP contribution in [-0.4, -0.2) is 27.6 Å². The lowest BCUT2D eigenvalue weighted by Crippen LogP contribution is -2.37. The van der Waals surface area contributed by atoms with E-state index in [9.17, 15) is 9.59 Å². The normalized spacial score (nSPS) is 10.9. The lowest BCUT2D eigenvalue weighted by molar-refractivity contribution is -0.119. The summed E-state index contributed by atoms with van der Waals surface area (Å²) >= 11 is 1.41. The largest absolute Gasteiger partial charge is 0.497 e. The molecule has 158 valence electrons. The van der Waals surface area contributed by atoms with E-state index in [4.69, 9.17) is 4.74 Å². The first-order chi connectivity index (χ1) is 15.0. The van der Waals surface area contributed by atoms with Gasteiger partial charge in [-0.1, -0.05) is 41.7 Å². The summed E-state index contributed by atoms with van der Waals surface area (Å²) in [6.45, 7) is 3.73. The second-order valence-electron chi connectivity index (χ2n) is 7.18. The van der Waals surface area contributed by atoms with Gasteiger partial charge >= 0.3 is 0 Å². The van der Waals surface area contributed by atoms with Crippen LogP contribution in [-0.2, 0) is 17.9 Å². The number of methoxy groups -OCH3 is 1. The minimum Gasteiger partial charge on any atom is -0.497 e. The molecule has 2 aromatic carbocycles. The number of aryl methyl sites for hydroxylation is 1. The highest BCUT2D eigenvalue weighted by Gasteiger charge is 2.21. The minimum absolute atomic E-state index is 0.112. The Labute approximate surface area is 183 Å². The molecular formula is C23H22N4O3S. The summed E-state index contributed by atoms with van der Waals surface area (Å²) in [6, 6.07) is 15.3. The van der Waals surface area contributed by atoms with Crippen molar-refractivity contribution in [1.29, 1.82) is 0 Å². The van der Waals surface area contributed by atoms with E-state index < -0.39 is 0 Å². The maximum Gasteiger partial charge on any atom is 0.256 e. The third-order valence-corrected chi connectivity index (χ3v) is 6.16. The number of carbonyl (C=O) groups excluding carboxylic acids is 1. The molecule has 0 aliphatic carbocycles. The molecule has 2 aromatic heterocycles. The molecule has 0 aliphatic heterocycles. The number of rotatable bonds is 6. The highest BCUT2D eigenvalue weighted by Crippen LogP contribution is 2.32. The number of ether oxygens (including phenoxy) is 1. The highest BCUT2D eigenvalue weighted by atomic mass is 32.1. The predicted molar refractivity (Wildman–Crippen MR) is 122 cm³/mol. The lowest BCUT2D eigenvalue weighted by atomic mass is 10.2. The van der Waals surface area contributed by atoms with Gasteiger partial charge in [-0.05, 0) is 37.6 Å². The van der Waals surface area contributed by atoms with Gasteiger partial charge in [-0.2, -0.15) is 0 Å². The van der Waals surface area contributed by atoms with E-state index >= 15 is 0 Å². The second kappa shape index (κ2) is 8.69. The Hall–Kier alpha value is -3.52. The Morgan fingerprint density at radius 1 is 1.16 bits per heavy atom. The van der Waals surface area contributed by atoms with Crippen molar-refractivity contribution in [3.8, 4) is 5.75 Å². The van der Waals surface area contributed by atoms with Crippen molar-refractivity contribution < 1.29 is 9.53 Å². The molecule has 31 heavy (non-hydrogen) atoms. The lowest BCUT2D eigenvalue weighted by Gasteiger charge is -2.20. The monoisotopic (exact) mass is 434 g/mol. The number of thiazole rings is 1. The fraction of sp³-hybridized carbons (Fsp3) is 0.217. The number of aromatic nitrogens is 3. The van der Waals surface area contributed by atoms with Gasteiger partial charge in [0, 0.05) is 11.3 Å². The summed E-state index contributed by atoms with van der Waals surface area (Å²) in [4.78, 5) is 36.4. The van der Waals surface area contributed by atoms with E-state index in [1.807, 2.05) is 48.5 Å². The first-order valence-electron chi connectivity index (χ1n) is 9.78. The van der Waals surface area contributed by atoms with Crippen LogP contribution >= 0.6 is 11.3 Å². The highest BCUT2D eigenvalue weighted by molar-refractivity contribution is 7.22. The molecule has 0 unspecified atom stereocenters. The SMILES string of the molecule is COc1ccc2nc(N(Cc3ccccc3)C(=O)Cn3cnc(C)c(C)c3=O)sc2c1. The number of hydrogen-bond donors (Lipinski definition) is 0. The maximum atomic E-state index is 13.3. The van der Waals surface area contributed by atoms with E-state index in [1.165, 1.54) is 22.2 Å². The molecule has 0 saturated heterocycles. The maximum absolute atomic E-state index is 13.3. The summed E-state index contributed by atoms with van der Waals surface area (Å²) in [7, 11) is 1.61. The van der Waals surface area contributed by atoms with Crippen molar-refractivity contribution in [3.63, 3.8) is 0 Å². The molecule has 8 heteroatoms. The molecular weight excluding hydrogens is 412 g/mol. The van der Waals surface area contributed by atoms with Crippen LogP contribution in [0.15, 0.2) is 59.7 Å². The summed E-state index contributed by atoms with van der Waals surface area (Å²) in [5.74, 6) is 0.499. The van der Waals surface area contributed by atoms with Gasteiger partial charge < -0.3 is 4.74 Å². The molecule has 0 saturated carbocycles. The molecule has 4 rings (SSSR count). The Morgan fingerprint density at radius 3 is 2.68 bits per heavy atom. The van der Waals surface area contributed by atoms with Crippen LogP contribution in [0.1, 0.15) is 16.8 Å². The average molecular weight is 435 g/mol. The minimum atomic E-state index is -0.234. The first-order valence-corrected chi connectivity index (χ1v) is 10.6. The van der Waals surface area contributed by atoms with E-state index in [0.29, 0.717) is 22.9 Å². The van der Waals surface area contributed by atoms with Crippen LogP contribution in [0.2, 0.25) is 0 Å². The van der Waals surface area contributed by atoms with E-state index in [0.717, 1.165) is 21.5 Å². The second-order valence-corrected chi connectivity index (χ2v) is 8.19. The van der Waals surface area contributed by atoms with Gasteiger partial charge in [-0.3, -0.25) is 19.1 Å². The Bertz CT molecular complexity index is 1300. The van der Waals surface area contributed by atoms with Crippen molar-refractivity contribution in [2.24, 2.45) is 0 Å². The quantitative estimate of drug-likeness (QED) is 0.462. The zero-order valence-electron chi connectivity index (χ0n) is 17.5. The number of amides is 1. The van der Waals surface area contributed by atoms with Gasteiger partial charge in [0.1, 0.15) is 12.3 Å². The van der Waals surface area contributed by atoms with Crippen LogP contribution in [0.3, 0.4) is 0 Å². The van der Waals surface area contributed by atoms with Crippen molar-refractivity contribution in [2.75, 3.05) is 12.0 Å². The number of hydrogen-bond acceptors (Lipinski definition) is 6. The third-order valence-electron chi connectivity index (χ3n) is 5.12. The number of fused-ring (bicyclic) bond motifs is 1. The average Bonchev–Trinajstić information content (AvgIpc) is 3.21. The smallest absolute Gasteiger partial charge is 0.256 e. The first kappa shape index (κ1) is 20.7. The molecule has 0 N–H and O–H groups in total. The van der Waals surface area contributed by atoms with Crippen molar-refractivity contribution in [2.45, 2.75) is 26.9 Å². The molecule has 4 aromatic rings. The molecule has 0 radical (unpaired) electrons. The van der Waals surface area contributed by atoms with Gasteiger partial charge in [0.2, 0.25) is 5.91 Å². The zero-order chi connectivity index (χ0) is 22.0. The number of anilines is 1. The summed E-state index contributed by atoms with van der Waals surface area (Å²) in [5, 5.41) is 0.571. The fourth-order valence-electron chi connectivity index (χ4n) is 3.18. The molecule has 0 atom stereocenters. The molecule has 0 fully saturated rings. The van der Waals surface area contributed by atoms with Gasteiger partial charge in [0.15, 0.2) is 5.13 Å². The van der Waals surface area contributed by atoms with Crippen molar-refractivity contribution in [1.82, 2.24) is 14.5 Å². The van der Waals surface area contributed by atoms with Crippen LogP contribution < -0.4 is 15.2 Å². The summed E-state index contributed by atoms with van der Waals surface area (Å²) < 4.78 is 7.57. The number of carbonyl (C=O) groups is 1. The molecule has 1 amide bonds. The number of benzene rings is 2. The number of nitrogens with zero attached hydrogens (tertiary/aromatic N) is 4. The topological polar surface area (TPSA) is 77.3 Å². The van der Waals surface area contributed by atoms with Gasteiger partial charge in [0.25, 0.3) is 5.56 Å². The van der Waals surface area contributed by atoms with E-state index in [-0.39, 0.29) is 18.0 Å². The summed E-state index contributed by atoms with van der Waals surface area (Å²) in [6.07, 6.45) is 1.42. The summed E-state index contributed by atoms with van der Waals surface area (Å²) in [5.41, 5.74) is 2.75. The van der Waals surface area contributed by atoms with Gasteiger partial charge in [-0.15, -0.1) is 0 Å². The van der Waals surface area contributed by atoms with E-state index in [2.05, 4.69) is 9.97 Å². The molecule has 0 bridgehead atoms. The Balaban J connectivity index is 1.71. The standard InChI is InChI=1S/C23H22N4O3S/c1-15-16(2)24-14-26(22(15)29)13-21(28)27(12-17-7-5-4-6-8-17)23-25-19-10-9-18(30-3)11-20(19)31-23/h4-11,14H,12-13H2,1-3H3.